The summed E-state index contributed by atoms with van der Waals surface area (Å²) in [7, 11) is 0. The minimum absolute atomic E-state index is 0.613. The van der Waals surface area contributed by atoms with Crippen molar-refractivity contribution in [1.82, 2.24) is 10.2 Å². The molecule has 2 aliphatic rings. The van der Waals surface area contributed by atoms with Gasteiger partial charge in [0.1, 0.15) is 0 Å². The summed E-state index contributed by atoms with van der Waals surface area (Å²) in [4.78, 5) is 2.57. The van der Waals surface area contributed by atoms with Gasteiger partial charge in [-0.15, -0.1) is 0 Å². The molecule has 3 nitrogen and oxygen atoms in total. The normalized spacial score (nSPS) is 34.2. The molecule has 0 amide bonds. The first-order valence-corrected chi connectivity index (χ1v) is 6.41. The Labute approximate surface area is 93.2 Å². The zero-order chi connectivity index (χ0) is 10.5. The standard InChI is InChI=1S/C12H24N2O/c1-11-10-15-9-8-14(11)7-5-12-4-2-3-6-13-12/h11-13H,2-10H2,1H3. The van der Waals surface area contributed by atoms with Gasteiger partial charge in [-0.1, -0.05) is 6.42 Å². The van der Waals surface area contributed by atoms with E-state index in [-0.39, 0.29) is 0 Å². The lowest BCUT2D eigenvalue weighted by Gasteiger charge is -2.34. The fourth-order valence-corrected chi connectivity index (χ4v) is 2.59. The van der Waals surface area contributed by atoms with Crippen LogP contribution in [0.4, 0.5) is 0 Å². The van der Waals surface area contributed by atoms with E-state index < -0.39 is 0 Å². The van der Waals surface area contributed by atoms with E-state index in [1.54, 1.807) is 0 Å². The van der Waals surface area contributed by atoms with Crippen LogP contribution in [0.2, 0.25) is 0 Å². The number of morpholine rings is 1. The molecule has 1 N–H and O–H groups in total. The Morgan fingerprint density at radius 3 is 3.07 bits per heavy atom. The third-order valence-electron chi connectivity index (χ3n) is 3.68. The molecular formula is C12H24N2O. The summed E-state index contributed by atoms with van der Waals surface area (Å²) in [5, 5.41) is 3.62. The molecule has 88 valence electrons. The number of nitrogens with one attached hydrogen (secondary N) is 1. The Bertz CT molecular complexity index is 180. The summed E-state index contributed by atoms with van der Waals surface area (Å²) in [5.41, 5.74) is 0. The molecular weight excluding hydrogens is 188 g/mol. The van der Waals surface area contributed by atoms with Crippen LogP contribution in [0.5, 0.6) is 0 Å². The van der Waals surface area contributed by atoms with E-state index in [9.17, 15) is 0 Å². The molecule has 2 unspecified atom stereocenters. The van der Waals surface area contributed by atoms with Crippen molar-refractivity contribution < 1.29 is 4.74 Å². The number of piperidine rings is 1. The molecule has 0 aromatic heterocycles. The minimum atomic E-state index is 0.613. The Morgan fingerprint density at radius 1 is 1.40 bits per heavy atom. The molecule has 0 spiro atoms. The average Bonchev–Trinajstić information content (AvgIpc) is 2.29. The summed E-state index contributed by atoms with van der Waals surface area (Å²) >= 11 is 0. The highest BCUT2D eigenvalue weighted by Crippen LogP contribution is 2.13. The second-order valence-corrected chi connectivity index (χ2v) is 4.90. The second kappa shape index (κ2) is 5.83. The van der Waals surface area contributed by atoms with Crippen LogP contribution in [0, 0.1) is 0 Å². The number of rotatable bonds is 3. The van der Waals surface area contributed by atoms with Gasteiger partial charge >= 0.3 is 0 Å². The highest BCUT2D eigenvalue weighted by atomic mass is 16.5. The predicted molar refractivity (Wildman–Crippen MR) is 62.1 cm³/mol. The molecule has 3 heteroatoms. The van der Waals surface area contributed by atoms with E-state index in [4.69, 9.17) is 4.74 Å². The lowest BCUT2D eigenvalue weighted by Crippen LogP contribution is -2.46. The lowest BCUT2D eigenvalue weighted by molar-refractivity contribution is -0.00209. The fourth-order valence-electron chi connectivity index (χ4n) is 2.59. The van der Waals surface area contributed by atoms with Crippen molar-refractivity contribution in [2.75, 3.05) is 32.8 Å². The van der Waals surface area contributed by atoms with Gasteiger partial charge in [-0.2, -0.15) is 0 Å². The van der Waals surface area contributed by atoms with Crippen LogP contribution >= 0.6 is 0 Å². The van der Waals surface area contributed by atoms with Gasteiger partial charge in [0.15, 0.2) is 0 Å². The molecule has 2 heterocycles. The number of nitrogens with zero attached hydrogens (tertiary/aromatic N) is 1. The summed E-state index contributed by atoms with van der Waals surface area (Å²) in [6.07, 6.45) is 5.46. The van der Waals surface area contributed by atoms with Crippen LogP contribution < -0.4 is 5.32 Å². The maximum atomic E-state index is 5.45. The van der Waals surface area contributed by atoms with Crippen LogP contribution in [-0.4, -0.2) is 49.8 Å². The molecule has 0 radical (unpaired) electrons. The summed E-state index contributed by atoms with van der Waals surface area (Å²) in [6.45, 7) is 7.69. The largest absolute Gasteiger partial charge is 0.379 e. The van der Waals surface area contributed by atoms with Gasteiger partial charge in [0.05, 0.1) is 13.2 Å². The van der Waals surface area contributed by atoms with Crippen molar-refractivity contribution in [3.63, 3.8) is 0 Å². The van der Waals surface area contributed by atoms with Gasteiger partial charge in [0, 0.05) is 25.2 Å². The summed E-state index contributed by atoms with van der Waals surface area (Å²) in [5.74, 6) is 0. The van der Waals surface area contributed by atoms with Crippen molar-refractivity contribution >= 4 is 0 Å². The van der Waals surface area contributed by atoms with Crippen molar-refractivity contribution in [1.29, 1.82) is 0 Å². The van der Waals surface area contributed by atoms with Gasteiger partial charge < -0.3 is 10.1 Å². The Kier molecular flexibility index (Phi) is 4.42. The predicted octanol–water partition coefficient (Wildman–Crippen LogP) is 1.24. The molecule has 2 aliphatic heterocycles. The van der Waals surface area contributed by atoms with Crippen LogP contribution in [-0.2, 0) is 4.74 Å². The van der Waals surface area contributed by atoms with Crippen LogP contribution in [0.15, 0.2) is 0 Å². The van der Waals surface area contributed by atoms with Gasteiger partial charge in [-0.25, -0.2) is 0 Å². The van der Waals surface area contributed by atoms with E-state index in [2.05, 4.69) is 17.1 Å². The first kappa shape index (κ1) is 11.4. The Balaban J connectivity index is 1.67. The second-order valence-electron chi connectivity index (χ2n) is 4.90. The topological polar surface area (TPSA) is 24.5 Å². The quantitative estimate of drug-likeness (QED) is 0.762. The molecule has 0 aromatic rings. The molecule has 0 aromatic carbocycles. The molecule has 2 atom stereocenters. The smallest absolute Gasteiger partial charge is 0.0619 e. The van der Waals surface area contributed by atoms with Crippen molar-refractivity contribution in [3.05, 3.63) is 0 Å². The molecule has 2 rings (SSSR count). The Morgan fingerprint density at radius 2 is 2.33 bits per heavy atom. The number of hydrogen-bond donors (Lipinski definition) is 1. The molecule has 0 bridgehead atoms. The molecule has 2 saturated heterocycles. The maximum Gasteiger partial charge on any atom is 0.0619 e. The highest BCUT2D eigenvalue weighted by Gasteiger charge is 2.20. The van der Waals surface area contributed by atoms with Gasteiger partial charge in [0.25, 0.3) is 0 Å². The van der Waals surface area contributed by atoms with E-state index in [0.717, 1.165) is 25.8 Å². The SMILES string of the molecule is CC1COCCN1CCC1CCCCN1. The molecule has 0 aliphatic carbocycles. The van der Waals surface area contributed by atoms with Crippen LogP contribution in [0.25, 0.3) is 0 Å². The number of hydrogen-bond acceptors (Lipinski definition) is 3. The van der Waals surface area contributed by atoms with Gasteiger partial charge in [0.2, 0.25) is 0 Å². The first-order valence-electron chi connectivity index (χ1n) is 6.41. The highest BCUT2D eigenvalue weighted by molar-refractivity contribution is 4.77. The zero-order valence-corrected chi connectivity index (χ0v) is 9.87. The van der Waals surface area contributed by atoms with Crippen molar-refractivity contribution in [3.8, 4) is 0 Å². The minimum Gasteiger partial charge on any atom is -0.379 e. The summed E-state index contributed by atoms with van der Waals surface area (Å²) in [6, 6.07) is 1.39. The summed E-state index contributed by atoms with van der Waals surface area (Å²) < 4.78 is 5.45. The molecule has 15 heavy (non-hydrogen) atoms. The number of ether oxygens (including phenoxy) is 1. The van der Waals surface area contributed by atoms with E-state index in [0.29, 0.717) is 6.04 Å². The lowest BCUT2D eigenvalue weighted by atomic mass is 10.0. The monoisotopic (exact) mass is 212 g/mol. The van der Waals surface area contributed by atoms with E-state index >= 15 is 0 Å². The van der Waals surface area contributed by atoms with Gasteiger partial charge in [-0.05, 0) is 32.7 Å². The van der Waals surface area contributed by atoms with Gasteiger partial charge in [-0.3, -0.25) is 4.90 Å². The van der Waals surface area contributed by atoms with Crippen molar-refractivity contribution in [2.24, 2.45) is 0 Å². The maximum absolute atomic E-state index is 5.45. The first-order chi connectivity index (χ1) is 7.36. The Hall–Kier alpha value is -0.120. The van der Waals surface area contributed by atoms with Crippen LogP contribution in [0.1, 0.15) is 32.6 Å². The third-order valence-corrected chi connectivity index (χ3v) is 3.68. The van der Waals surface area contributed by atoms with Crippen molar-refractivity contribution in [2.45, 2.75) is 44.7 Å². The zero-order valence-electron chi connectivity index (χ0n) is 9.87. The molecule has 2 fully saturated rings. The molecule has 0 saturated carbocycles. The average molecular weight is 212 g/mol. The van der Waals surface area contributed by atoms with E-state index in [1.165, 1.54) is 38.8 Å². The van der Waals surface area contributed by atoms with Crippen LogP contribution in [0.3, 0.4) is 0 Å². The van der Waals surface area contributed by atoms with E-state index in [1.807, 2.05) is 0 Å². The fraction of sp³-hybridized carbons (Fsp3) is 1.00. The third kappa shape index (κ3) is 3.44.